The predicted octanol–water partition coefficient (Wildman–Crippen LogP) is 5.49. The molecule has 0 saturated carbocycles. The second kappa shape index (κ2) is 5.91. The molecule has 0 saturated heterocycles. The largest absolute Gasteiger partial charge is 0.398 e. The van der Waals surface area contributed by atoms with Gasteiger partial charge in [0.05, 0.1) is 21.4 Å². The van der Waals surface area contributed by atoms with Crippen LogP contribution in [-0.2, 0) is 0 Å². The van der Waals surface area contributed by atoms with Crippen LogP contribution in [0, 0.1) is 0 Å². The van der Waals surface area contributed by atoms with Crippen LogP contribution in [0.4, 0.5) is 11.4 Å². The van der Waals surface area contributed by atoms with Crippen LogP contribution in [0.1, 0.15) is 0 Å². The smallest absolute Gasteiger partial charge is 0.0641 e. The Morgan fingerprint density at radius 1 is 0.500 bits per heavy atom. The van der Waals surface area contributed by atoms with E-state index in [2.05, 4.69) is 0 Å². The van der Waals surface area contributed by atoms with Crippen molar-refractivity contribution < 1.29 is 0 Å². The molecule has 22 heavy (non-hydrogen) atoms. The van der Waals surface area contributed by atoms with E-state index in [-0.39, 0.29) is 0 Å². The summed E-state index contributed by atoms with van der Waals surface area (Å²) in [5.41, 5.74) is 16.9. The lowest BCUT2D eigenvalue weighted by atomic mass is 10.00. The molecule has 110 valence electrons. The molecule has 0 aromatic heterocycles. The fourth-order valence-corrected chi connectivity index (χ4v) is 2.63. The Balaban J connectivity index is 1.95. The van der Waals surface area contributed by atoms with E-state index in [9.17, 15) is 0 Å². The van der Waals surface area contributed by atoms with Crippen LogP contribution in [0.15, 0.2) is 60.7 Å². The molecule has 0 amide bonds. The number of nitrogens with two attached hydrogens (primary N) is 2. The van der Waals surface area contributed by atoms with E-state index in [1.54, 1.807) is 0 Å². The average molecular weight is 329 g/mol. The van der Waals surface area contributed by atoms with E-state index < -0.39 is 0 Å². The van der Waals surface area contributed by atoms with E-state index in [4.69, 9.17) is 34.7 Å². The summed E-state index contributed by atoms with van der Waals surface area (Å²) < 4.78 is 0. The molecule has 0 atom stereocenters. The highest BCUT2D eigenvalue weighted by molar-refractivity contribution is 6.33. The Labute approximate surface area is 139 Å². The van der Waals surface area contributed by atoms with Gasteiger partial charge in [0.25, 0.3) is 0 Å². The van der Waals surface area contributed by atoms with Crippen molar-refractivity contribution in [1.29, 1.82) is 0 Å². The zero-order valence-electron chi connectivity index (χ0n) is 11.7. The summed E-state index contributed by atoms with van der Waals surface area (Å²) in [6, 6.07) is 19.4. The normalized spacial score (nSPS) is 10.6. The zero-order valence-corrected chi connectivity index (χ0v) is 13.2. The topological polar surface area (TPSA) is 52.0 Å². The summed E-state index contributed by atoms with van der Waals surface area (Å²) in [5, 5.41) is 1.12. The Morgan fingerprint density at radius 3 is 1.14 bits per heavy atom. The van der Waals surface area contributed by atoms with E-state index in [0.29, 0.717) is 21.4 Å². The molecular weight excluding hydrogens is 315 g/mol. The molecule has 0 aliphatic rings. The first-order valence-corrected chi connectivity index (χ1v) is 7.51. The molecule has 4 N–H and O–H groups in total. The van der Waals surface area contributed by atoms with Crippen LogP contribution >= 0.6 is 23.2 Å². The van der Waals surface area contributed by atoms with Gasteiger partial charge in [-0.2, -0.15) is 0 Å². The summed E-state index contributed by atoms with van der Waals surface area (Å²) in [6.07, 6.45) is 0. The monoisotopic (exact) mass is 328 g/mol. The van der Waals surface area contributed by atoms with Crippen molar-refractivity contribution in [2.45, 2.75) is 0 Å². The van der Waals surface area contributed by atoms with E-state index in [1.807, 2.05) is 60.7 Å². The molecule has 3 rings (SSSR count). The highest BCUT2D eigenvalue weighted by atomic mass is 35.5. The molecule has 0 aliphatic heterocycles. The average Bonchev–Trinajstić information content (AvgIpc) is 2.53. The number of hydrogen-bond acceptors (Lipinski definition) is 2. The third kappa shape index (κ3) is 2.89. The van der Waals surface area contributed by atoms with Crippen molar-refractivity contribution >= 4 is 34.6 Å². The molecule has 0 bridgehead atoms. The molecule has 3 aromatic rings. The quantitative estimate of drug-likeness (QED) is 0.611. The summed E-state index contributed by atoms with van der Waals surface area (Å²) in [4.78, 5) is 0. The van der Waals surface area contributed by atoms with Gasteiger partial charge in [0.15, 0.2) is 0 Å². The van der Waals surface area contributed by atoms with Gasteiger partial charge >= 0.3 is 0 Å². The third-order valence-electron chi connectivity index (χ3n) is 3.55. The third-order valence-corrected chi connectivity index (χ3v) is 4.21. The number of rotatable bonds is 2. The van der Waals surface area contributed by atoms with Crippen molar-refractivity contribution in [3.63, 3.8) is 0 Å². The minimum atomic E-state index is 0.562. The predicted molar refractivity (Wildman–Crippen MR) is 96.2 cm³/mol. The molecule has 0 fully saturated rings. The molecule has 2 nitrogen and oxygen atoms in total. The summed E-state index contributed by atoms with van der Waals surface area (Å²) in [5.74, 6) is 0. The maximum absolute atomic E-state index is 6.07. The number of halogens is 2. The highest BCUT2D eigenvalue weighted by Crippen LogP contribution is 2.30. The Kier molecular flexibility index (Phi) is 3.97. The maximum atomic E-state index is 6.07. The highest BCUT2D eigenvalue weighted by Gasteiger charge is 2.04. The summed E-state index contributed by atoms with van der Waals surface area (Å²) in [7, 11) is 0. The first kappa shape index (κ1) is 14.8. The van der Waals surface area contributed by atoms with Crippen LogP contribution < -0.4 is 11.5 Å². The number of benzene rings is 3. The van der Waals surface area contributed by atoms with E-state index >= 15 is 0 Å². The maximum Gasteiger partial charge on any atom is 0.0641 e. The van der Waals surface area contributed by atoms with Gasteiger partial charge in [-0.15, -0.1) is 0 Å². The fraction of sp³-hybridized carbons (Fsp3) is 0. The van der Waals surface area contributed by atoms with Crippen LogP contribution in [0.2, 0.25) is 10.0 Å². The van der Waals surface area contributed by atoms with Crippen LogP contribution in [-0.4, -0.2) is 0 Å². The molecule has 0 radical (unpaired) electrons. The standard InChI is InChI=1S/C18H14Cl2N2/c19-15-9-13(5-7-17(15)21)11-1-2-12(4-3-11)14-6-8-18(22)16(20)10-14/h1-10H,21-22H2. The Hall–Kier alpha value is -2.16. The molecule has 4 heteroatoms. The molecule has 3 aromatic carbocycles. The van der Waals surface area contributed by atoms with Crippen LogP contribution in [0.5, 0.6) is 0 Å². The van der Waals surface area contributed by atoms with E-state index in [0.717, 1.165) is 22.3 Å². The van der Waals surface area contributed by atoms with Gasteiger partial charge in [-0.3, -0.25) is 0 Å². The van der Waals surface area contributed by atoms with Crippen molar-refractivity contribution in [2.75, 3.05) is 11.5 Å². The number of nitrogen functional groups attached to an aromatic ring is 2. The van der Waals surface area contributed by atoms with Gasteiger partial charge in [-0.1, -0.05) is 59.6 Å². The Morgan fingerprint density at radius 2 is 0.818 bits per heavy atom. The van der Waals surface area contributed by atoms with Gasteiger partial charge in [-0.05, 0) is 46.5 Å². The van der Waals surface area contributed by atoms with Gasteiger partial charge in [0.1, 0.15) is 0 Å². The number of hydrogen-bond donors (Lipinski definition) is 2. The molecule has 0 heterocycles. The zero-order chi connectivity index (χ0) is 15.7. The molecule has 0 spiro atoms. The second-order valence-corrected chi connectivity index (χ2v) is 5.86. The van der Waals surface area contributed by atoms with Crippen molar-refractivity contribution in [3.05, 3.63) is 70.7 Å². The summed E-state index contributed by atoms with van der Waals surface area (Å²) >= 11 is 12.1. The molecular formula is C18H14Cl2N2. The lowest BCUT2D eigenvalue weighted by molar-refractivity contribution is 1.58. The summed E-state index contributed by atoms with van der Waals surface area (Å²) in [6.45, 7) is 0. The first-order chi connectivity index (χ1) is 10.5. The van der Waals surface area contributed by atoms with E-state index in [1.165, 1.54) is 0 Å². The van der Waals surface area contributed by atoms with Crippen molar-refractivity contribution in [3.8, 4) is 22.3 Å². The SMILES string of the molecule is Nc1ccc(-c2ccc(-c3ccc(N)c(Cl)c3)cc2)cc1Cl. The van der Waals surface area contributed by atoms with Gasteiger partial charge < -0.3 is 11.5 Å². The second-order valence-electron chi connectivity index (χ2n) is 5.05. The molecule has 0 unspecified atom stereocenters. The van der Waals surface area contributed by atoms with Gasteiger partial charge in [-0.25, -0.2) is 0 Å². The van der Waals surface area contributed by atoms with Crippen LogP contribution in [0.3, 0.4) is 0 Å². The lowest BCUT2D eigenvalue weighted by Crippen LogP contribution is -1.88. The minimum absolute atomic E-state index is 0.562. The lowest BCUT2D eigenvalue weighted by Gasteiger charge is -2.07. The minimum Gasteiger partial charge on any atom is -0.398 e. The van der Waals surface area contributed by atoms with Crippen molar-refractivity contribution in [2.24, 2.45) is 0 Å². The van der Waals surface area contributed by atoms with Gasteiger partial charge in [0.2, 0.25) is 0 Å². The van der Waals surface area contributed by atoms with Crippen LogP contribution in [0.25, 0.3) is 22.3 Å². The molecule has 0 aliphatic carbocycles. The van der Waals surface area contributed by atoms with Crippen molar-refractivity contribution in [1.82, 2.24) is 0 Å². The Bertz CT molecular complexity index is 756. The van der Waals surface area contributed by atoms with Gasteiger partial charge in [0, 0.05) is 0 Å². The fourth-order valence-electron chi connectivity index (χ4n) is 2.27. The first-order valence-electron chi connectivity index (χ1n) is 6.75. The number of anilines is 2.